The molecule has 4 rings (SSSR count). The van der Waals surface area contributed by atoms with Gasteiger partial charge in [-0.2, -0.15) is 4.98 Å². The van der Waals surface area contributed by atoms with E-state index in [1.54, 1.807) is 0 Å². The molecule has 6 heteroatoms. The molecule has 1 aromatic heterocycles. The summed E-state index contributed by atoms with van der Waals surface area (Å²) >= 11 is 0. The minimum Gasteiger partial charge on any atom is -0.375 e. The molecular weight excluding hydrogens is 340 g/mol. The van der Waals surface area contributed by atoms with Crippen molar-refractivity contribution in [2.45, 2.75) is 45.6 Å². The van der Waals surface area contributed by atoms with E-state index >= 15 is 0 Å². The number of rotatable bonds is 5. The zero-order valence-corrected chi connectivity index (χ0v) is 16.4. The first kappa shape index (κ1) is 18.0. The maximum absolute atomic E-state index is 12.8. The lowest BCUT2D eigenvalue weighted by Gasteiger charge is -2.33. The fourth-order valence-corrected chi connectivity index (χ4v) is 3.87. The molecule has 0 spiro atoms. The van der Waals surface area contributed by atoms with Crippen LogP contribution in [0.15, 0.2) is 28.8 Å². The van der Waals surface area contributed by atoms with E-state index in [-0.39, 0.29) is 17.9 Å². The second-order valence-corrected chi connectivity index (χ2v) is 7.88. The first-order chi connectivity index (χ1) is 13.1. The molecule has 0 unspecified atom stereocenters. The molecule has 2 aliphatic rings. The molecule has 1 saturated heterocycles. The second-order valence-electron chi connectivity index (χ2n) is 7.88. The van der Waals surface area contributed by atoms with Crippen LogP contribution in [0.2, 0.25) is 0 Å². The largest absolute Gasteiger partial charge is 0.375 e. The predicted molar refractivity (Wildman–Crippen MR) is 104 cm³/mol. The van der Waals surface area contributed by atoms with Gasteiger partial charge in [-0.15, -0.1) is 0 Å². The third-order valence-electron chi connectivity index (χ3n) is 5.98. The van der Waals surface area contributed by atoms with Gasteiger partial charge in [0, 0.05) is 37.3 Å². The Balaban J connectivity index is 1.53. The molecule has 144 valence electrons. The van der Waals surface area contributed by atoms with Crippen LogP contribution in [-0.4, -0.2) is 41.1 Å². The van der Waals surface area contributed by atoms with Crippen molar-refractivity contribution in [2.24, 2.45) is 11.8 Å². The number of benzene rings is 1. The van der Waals surface area contributed by atoms with Gasteiger partial charge in [0.05, 0.1) is 0 Å². The number of aromatic nitrogens is 2. The van der Waals surface area contributed by atoms with Gasteiger partial charge in [0.15, 0.2) is 0 Å². The van der Waals surface area contributed by atoms with Crippen molar-refractivity contribution in [2.75, 3.05) is 25.0 Å². The lowest BCUT2D eigenvalue weighted by Crippen LogP contribution is -2.39. The van der Waals surface area contributed by atoms with Crippen LogP contribution in [0.1, 0.15) is 51.5 Å². The van der Waals surface area contributed by atoms with E-state index in [1.165, 1.54) is 0 Å². The van der Waals surface area contributed by atoms with Gasteiger partial charge in [0.1, 0.15) is 6.04 Å². The van der Waals surface area contributed by atoms with Gasteiger partial charge in [0.2, 0.25) is 17.6 Å². The number of amides is 1. The van der Waals surface area contributed by atoms with Crippen molar-refractivity contribution in [3.05, 3.63) is 30.2 Å². The summed E-state index contributed by atoms with van der Waals surface area (Å²) in [5.41, 5.74) is 2.09. The average molecular weight is 368 g/mol. The standard InChI is InChI=1S/C21H28N4O2/c1-4-24(3)16-10-8-15(9-11-16)19-22-20(27-23-19)18-7-5-6-12-25(18)21(26)17-13-14(17)2/h8-11,14,17-18H,4-7,12-13H2,1-3H3/t14-,17-,18-/m0/s1. The Bertz CT molecular complexity index is 801. The number of carbonyl (C=O) groups excluding carboxylic acids is 1. The minimum atomic E-state index is -0.0780. The molecule has 0 bridgehead atoms. The van der Waals surface area contributed by atoms with E-state index in [0.29, 0.717) is 17.6 Å². The Kier molecular flexibility index (Phi) is 4.89. The summed E-state index contributed by atoms with van der Waals surface area (Å²) in [7, 11) is 2.07. The van der Waals surface area contributed by atoms with E-state index < -0.39 is 0 Å². The molecule has 1 saturated carbocycles. The van der Waals surface area contributed by atoms with E-state index in [9.17, 15) is 4.79 Å². The molecule has 0 N–H and O–H groups in total. The molecule has 6 nitrogen and oxygen atoms in total. The Morgan fingerprint density at radius 2 is 2.04 bits per heavy atom. The molecule has 1 aliphatic heterocycles. The normalized spacial score (nSPS) is 24.7. The summed E-state index contributed by atoms with van der Waals surface area (Å²) in [6, 6.07) is 8.10. The number of nitrogens with zero attached hydrogens (tertiary/aromatic N) is 4. The van der Waals surface area contributed by atoms with Gasteiger partial charge in [-0.25, -0.2) is 0 Å². The van der Waals surface area contributed by atoms with E-state index in [0.717, 1.165) is 50.0 Å². The highest BCUT2D eigenvalue weighted by Gasteiger charge is 2.44. The lowest BCUT2D eigenvalue weighted by molar-refractivity contribution is -0.137. The van der Waals surface area contributed by atoms with Gasteiger partial charge in [-0.05, 0) is 62.8 Å². The zero-order valence-electron chi connectivity index (χ0n) is 16.4. The van der Waals surface area contributed by atoms with Crippen LogP contribution in [-0.2, 0) is 4.79 Å². The predicted octanol–water partition coefficient (Wildman–Crippen LogP) is 3.90. The molecule has 1 amide bonds. The molecule has 3 atom stereocenters. The van der Waals surface area contributed by atoms with Crippen LogP contribution in [0.25, 0.3) is 11.4 Å². The lowest BCUT2D eigenvalue weighted by atomic mass is 10.0. The van der Waals surface area contributed by atoms with Crippen LogP contribution >= 0.6 is 0 Å². The van der Waals surface area contributed by atoms with Gasteiger partial charge in [-0.1, -0.05) is 12.1 Å². The van der Waals surface area contributed by atoms with E-state index in [4.69, 9.17) is 4.52 Å². The number of anilines is 1. The molecule has 1 aliphatic carbocycles. The van der Waals surface area contributed by atoms with Crippen molar-refractivity contribution in [3.8, 4) is 11.4 Å². The molecule has 27 heavy (non-hydrogen) atoms. The van der Waals surface area contributed by atoms with Crippen molar-refractivity contribution >= 4 is 11.6 Å². The SMILES string of the molecule is CCN(C)c1ccc(-c2noc([C@@H]3CCCCN3C(=O)[C@H]3C[C@@H]3C)n2)cc1. The molecule has 2 heterocycles. The maximum atomic E-state index is 12.8. The first-order valence-electron chi connectivity index (χ1n) is 10.0. The van der Waals surface area contributed by atoms with E-state index in [1.807, 2.05) is 17.0 Å². The highest BCUT2D eigenvalue weighted by molar-refractivity contribution is 5.82. The number of hydrogen-bond acceptors (Lipinski definition) is 5. The van der Waals surface area contributed by atoms with E-state index in [2.05, 4.69) is 48.1 Å². The second kappa shape index (κ2) is 7.33. The number of hydrogen-bond donors (Lipinski definition) is 0. The minimum absolute atomic E-state index is 0.0780. The highest BCUT2D eigenvalue weighted by atomic mass is 16.5. The molecule has 2 aromatic rings. The van der Waals surface area contributed by atoms with Gasteiger partial charge < -0.3 is 14.3 Å². The molecule has 0 radical (unpaired) electrons. The van der Waals surface area contributed by atoms with Crippen LogP contribution in [0, 0.1) is 11.8 Å². The Morgan fingerprint density at radius 1 is 1.30 bits per heavy atom. The monoisotopic (exact) mass is 368 g/mol. The summed E-state index contributed by atoms with van der Waals surface area (Å²) in [6.45, 7) is 6.02. The Labute approximate surface area is 160 Å². The average Bonchev–Trinajstić information content (AvgIpc) is 3.24. The zero-order chi connectivity index (χ0) is 19.0. The quantitative estimate of drug-likeness (QED) is 0.801. The number of carbonyl (C=O) groups is 1. The van der Waals surface area contributed by atoms with Crippen LogP contribution in [0.4, 0.5) is 5.69 Å². The summed E-state index contributed by atoms with van der Waals surface area (Å²) in [5.74, 6) is 2.13. The van der Waals surface area contributed by atoms with Gasteiger partial charge >= 0.3 is 0 Å². The first-order valence-corrected chi connectivity index (χ1v) is 10.0. The fraction of sp³-hybridized carbons (Fsp3) is 0.571. The van der Waals surface area contributed by atoms with Crippen LogP contribution in [0.5, 0.6) is 0 Å². The number of likely N-dealkylation sites (tertiary alicyclic amines) is 1. The summed E-state index contributed by atoms with van der Waals surface area (Å²) < 4.78 is 5.60. The Morgan fingerprint density at radius 3 is 2.70 bits per heavy atom. The van der Waals surface area contributed by atoms with Gasteiger partial charge in [-0.3, -0.25) is 4.79 Å². The molecule has 2 fully saturated rings. The van der Waals surface area contributed by atoms with Crippen molar-refractivity contribution in [1.29, 1.82) is 0 Å². The highest BCUT2D eigenvalue weighted by Crippen LogP contribution is 2.42. The fourth-order valence-electron chi connectivity index (χ4n) is 3.87. The molecule has 1 aromatic carbocycles. The number of piperidine rings is 1. The third-order valence-corrected chi connectivity index (χ3v) is 5.98. The van der Waals surface area contributed by atoms with Crippen LogP contribution in [0.3, 0.4) is 0 Å². The van der Waals surface area contributed by atoms with Crippen molar-refractivity contribution < 1.29 is 9.32 Å². The third kappa shape index (κ3) is 3.57. The topological polar surface area (TPSA) is 62.5 Å². The maximum Gasteiger partial charge on any atom is 0.249 e. The Hall–Kier alpha value is -2.37. The van der Waals surface area contributed by atoms with Crippen LogP contribution < -0.4 is 4.90 Å². The van der Waals surface area contributed by atoms with Crippen molar-refractivity contribution in [1.82, 2.24) is 15.0 Å². The summed E-state index contributed by atoms with van der Waals surface area (Å²) in [6.07, 6.45) is 4.05. The van der Waals surface area contributed by atoms with Gasteiger partial charge in [0.25, 0.3) is 0 Å². The van der Waals surface area contributed by atoms with Crippen molar-refractivity contribution in [3.63, 3.8) is 0 Å². The smallest absolute Gasteiger partial charge is 0.249 e. The molecular formula is C21H28N4O2. The summed E-state index contributed by atoms with van der Waals surface area (Å²) in [5, 5.41) is 4.19. The summed E-state index contributed by atoms with van der Waals surface area (Å²) in [4.78, 5) is 21.6.